The fraction of sp³-hybridized carbons (Fsp3) is 0. The van der Waals surface area contributed by atoms with E-state index in [-0.39, 0.29) is 0 Å². The molecule has 0 fully saturated rings. The molecular formula is C38H25NO. The highest BCUT2D eigenvalue weighted by Crippen LogP contribution is 2.45. The molecule has 0 saturated carbocycles. The maximum Gasteiger partial charge on any atom is 0.143 e. The Balaban J connectivity index is 1.43. The zero-order valence-corrected chi connectivity index (χ0v) is 21.8. The molecule has 8 rings (SSSR count). The molecule has 0 aliphatic rings. The molecule has 0 amide bonds. The Morgan fingerprint density at radius 2 is 1.02 bits per heavy atom. The summed E-state index contributed by atoms with van der Waals surface area (Å²) in [4.78, 5) is 2.30. The van der Waals surface area contributed by atoms with E-state index in [0.717, 1.165) is 44.6 Å². The fourth-order valence-corrected chi connectivity index (χ4v) is 6.01. The second-order valence-electron chi connectivity index (χ2n) is 10.2. The average Bonchev–Trinajstić information content (AvgIpc) is 3.38. The maximum atomic E-state index is 6.72. The van der Waals surface area contributed by atoms with Gasteiger partial charge in [-0.05, 0) is 75.6 Å². The number of hydrogen-bond donors (Lipinski definition) is 0. The molecule has 0 atom stereocenters. The number of benzene rings is 7. The Kier molecular flexibility index (Phi) is 5.17. The van der Waals surface area contributed by atoms with Crippen molar-refractivity contribution in [2.75, 3.05) is 4.90 Å². The normalized spacial score (nSPS) is 11.5. The van der Waals surface area contributed by atoms with Gasteiger partial charge in [-0.1, -0.05) is 103 Å². The third kappa shape index (κ3) is 3.58. The molecule has 2 nitrogen and oxygen atoms in total. The van der Waals surface area contributed by atoms with Crippen molar-refractivity contribution in [3.05, 3.63) is 152 Å². The molecule has 1 aromatic heterocycles. The van der Waals surface area contributed by atoms with Crippen LogP contribution >= 0.6 is 0 Å². The zero-order chi connectivity index (χ0) is 26.5. The van der Waals surface area contributed by atoms with Crippen LogP contribution in [0.25, 0.3) is 54.6 Å². The van der Waals surface area contributed by atoms with Crippen molar-refractivity contribution >= 4 is 60.5 Å². The molecule has 7 aromatic carbocycles. The van der Waals surface area contributed by atoms with Crippen LogP contribution in [0.5, 0.6) is 0 Å². The van der Waals surface area contributed by atoms with Gasteiger partial charge in [0.1, 0.15) is 11.2 Å². The Morgan fingerprint density at radius 3 is 1.77 bits per heavy atom. The number of hydrogen-bond acceptors (Lipinski definition) is 2. The smallest absolute Gasteiger partial charge is 0.143 e. The van der Waals surface area contributed by atoms with Gasteiger partial charge in [0.25, 0.3) is 0 Å². The summed E-state index contributed by atoms with van der Waals surface area (Å²) in [6, 6.07) is 53.6. The summed E-state index contributed by atoms with van der Waals surface area (Å²) in [5, 5.41) is 7.08. The van der Waals surface area contributed by atoms with E-state index in [9.17, 15) is 0 Å². The SMILES string of the molecule is c1ccc(N(c2ccccc2)c2ccc3oc4c(-c5cccc6ccccc56)c5ccccc5cc4c3c2)cc1. The van der Waals surface area contributed by atoms with Crippen LogP contribution in [0.2, 0.25) is 0 Å². The van der Waals surface area contributed by atoms with Crippen molar-refractivity contribution in [2.45, 2.75) is 0 Å². The lowest BCUT2D eigenvalue weighted by Gasteiger charge is -2.25. The minimum absolute atomic E-state index is 0.886. The number of furan rings is 1. The van der Waals surface area contributed by atoms with E-state index in [1.165, 1.54) is 27.1 Å². The van der Waals surface area contributed by atoms with Gasteiger partial charge in [-0.25, -0.2) is 0 Å². The molecule has 188 valence electrons. The summed E-state index contributed by atoms with van der Waals surface area (Å²) in [6.45, 7) is 0. The quantitative estimate of drug-likeness (QED) is 0.234. The first-order chi connectivity index (χ1) is 19.8. The topological polar surface area (TPSA) is 16.4 Å². The Morgan fingerprint density at radius 1 is 0.400 bits per heavy atom. The molecule has 0 bridgehead atoms. The van der Waals surface area contributed by atoms with Crippen molar-refractivity contribution in [3.63, 3.8) is 0 Å². The molecule has 40 heavy (non-hydrogen) atoms. The van der Waals surface area contributed by atoms with E-state index in [0.29, 0.717) is 0 Å². The fourth-order valence-electron chi connectivity index (χ4n) is 6.01. The van der Waals surface area contributed by atoms with Crippen molar-refractivity contribution in [3.8, 4) is 11.1 Å². The Hall–Kier alpha value is -5.34. The van der Waals surface area contributed by atoms with E-state index in [4.69, 9.17) is 4.42 Å². The zero-order valence-electron chi connectivity index (χ0n) is 21.8. The highest BCUT2D eigenvalue weighted by Gasteiger charge is 2.20. The summed E-state index contributed by atoms with van der Waals surface area (Å²) in [7, 11) is 0. The summed E-state index contributed by atoms with van der Waals surface area (Å²) >= 11 is 0. The van der Waals surface area contributed by atoms with E-state index in [2.05, 4.69) is 157 Å². The van der Waals surface area contributed by atoms with Gasteiger partial charge < -0.3 is 9.32 Å². The monoisotopic (exact) mass is 511 g/mol. The predicted molar refractivity (Wildman–Crippen MR) is 169 cm³/mol. The Labute approximate surface area is 232 Å². The van der Waals surface area contributed by atoms with Gasteiger partial charge in [-0.2, -0.15) is 0 Å². The molecule has 0 aliphatic heterocycles. The van der Waals surface area contributed by atoms with Crippen LogP contribution in [0, 0.1) is 0 Å². The molecule has 0 aliphatic carbocycles. The third-order valence-electron chi connectivity index (χ3n) is 7.81. The number of fused-ring (bicyclic) bond motifs is 5. The van der Waals surface area contributed by atoms with Gasteiger partial charge in [-0.15, -0.1) is 0 Å². The molecule has 0 unspecified atom stereocenters. The third-order valence-corrected chi connectivity index (χ3v) is 7.81. The first-order valence-electron chi connectivity index (χ1n) is 13.6. The summed E-state index contributed by atoms with van der Waals surface area (Å²) < 4.78 is 6.72. The van der Waals surface area contributed by atoms with Crippen molar-refractivity contribution < 1.29 is 4.42 Å². The molecule has 2 heteroatoms. The van der Waals surface area contributed by atoms with E-state index in [1.54, 1.807) is 0 Å². The molecule has 0 spiro atoms. The van der Waals surface area contributed by atoms with Crippen LogP contribution in [0.15, 0.2) is 156 Å². The molecule has 0 radical (unpaired) electrons. The first kappa shape index (κ1) is 22.6. The molecule has 0 saturated heterocycles. The van der Waals surface area contributed by atoms with Gasteiger partial charge >= 0.3 is 0 Å². The predicted octanol–water partition coefficient (Wildman–Crippen LogP) is 11.0. The minimum atomic E-state index is 0.886. The highest BCUT2D eigenvalue weighted by atomic mass is 16.3. The van der Waals surface area contributed by atoms with E-state index in [1.807, 2.05) is 0 Å². The van der Waals surface area contributed by atoms with Crippen LogP contribution < -0.4 is 4.90 Å². The van der Waals surface area contributed by atoms with Gasteiger partial charge in [0, 0.05) is 33.4 Å². The van der Waals surface area contributed by atoms with Crippen LogP contribution in [0.3, 0.4) is 0 Å². The average molecular weight is 512 g/mol. The van der Waals surface area contributed by atoms with E-state index < -0.39 is 0 Å². The largest absolute Gasteiger partial charge is 0.455 e. The van der Waals surface area contributed by atoms with Crippen molar-refractivity contribution in [1.82, 2.24) is 0 Å². The van der Waals surface area contributed by atoms with Crippen LogP contribution in [0.1, 0.15) is 0 Å². The number of anilines is 3. The second-order valence-corrected chi connectivity index (χ2v) is 10.2. The Bertz CT molecular complexity index is 2120. The van der Waals surface area contributed by atoms with Crippen LogP contribution in [0.4, 0.5) is 17.1 Å². The van der Waals surface area contributed by atoms with Crippen molar-refractivity contribution in [1.29, 1.82) is 0 Å². The maximum absolute atomic E-state index is 6.72. The number of rotatable bonds is 4. The summed E-state index contributed by atoms with van der Waals surface area (Å²) in [5.41, 5.74) is 7.46. The van der Waals surface area contributed by atoms with Crippen LogP contribution in [-0.4, -0.2) is 0 Å². The lowest BCUT2D eigenvalue weighted by atomic mass is 9.92. The lowest BCUT2D eigenvalue weighted by Crippen LogP contribution is -2.09. The van der Waals surface area contributed by atoms with Gasteiger partial charge in [-0.3, -0.25) is 0 Å². The first-order valence-corrected chi connectivity index (χ1v) is 13.6. The molecule has 1 heterocycles. The highest BCUT2D eigenvalue weighted by molar-refractivity contribution is 6.21. The van der Waals surface area contributed by atoms with Gasteiger partial charge in [0.2, 0.25) is 0 Å². The van der Waals surface area contributed by atoms with Crippen molar-refractivity contribution in [2.24, 2.45) is 0 Å². The van der Waals surface area contributed by atoms with Gasteiger partial charge in [0.05, 0.1) is 0 Å². The lowest BCUT2D eigenvalue weighted by molar-refractivity contribution is 0.670. The molecule has 8 aromatic rings. The van der Waals surface area contributed by atoms with Crippen LogP contribution in [-0.2, 0) is 0 Å². The minimum Gasteiger partial charge on any atom is -0.455 e. The number of para-hydroxylation sites is 2. The number of nitrogens with zero attached hydrogens (tertiary/aromatic N) is 1. The standard InChI is InChI=1S/C38H25NO/c1-3-15-28(16-4-1)39(29-17-5-2-6-18-29)30-22-23-36-34(25-30)35-24-27-13-8-10-20-32(27)37(38(35)40-36)33-21-11-14-26-12-7-9-19-31(26)33/h1-25H. The summed E-state index contributed by atoms with van der Waals surface area (Å²) in [6.07, 6.45) is 0. The van der Waals surface area contributed by atoms with Gasteiger partial charge in [0.15, 0.2) is 0 Å². The summed E-state index contributed by atoms with van der Waals surface area (Å²) in [5.74, 6) is 0. The second kappa shape index (κ2) is 9.14. The van der Waals surface area contributed by atoms with E-state index >= 15 is 0 Å². The molecular weight excluding hydrogens is 486 g/mol. The molecule has 0 N–H and O–H groups in total.